The van der Waals surface area contributed by atoms with Gasteiger partial charge in [-0.25, -0.2) is 8.42 Å². The van der Waals surface area contributed by atoms with Crippen molar-refractivity contribution in [2.45, 2.75) is 23.8 Å². The molecule has 0 spiro atoms. The number of sulfone groups is 1. The van der Waals surface area contributed by atoms with Crippen molar-refractivity contribution >= 4 is 21.4 Å². The fraction of sp³-hybridized carbons (Fsp3) is 0.538. The molecule has 1 aliphatic heterocycles. The van der Waals surface area contributed by atoms with Gasteiger partial charge < -0.3 is 10.1 Å². The highest BCUT2D eigenvalue weighted by atomic mass is 35.5. The number of rotatable bonds is 6. The summed E-state index contributed by atoms with van der Waals surface area (Å²) in [7, 11) is -3.23. The summed E-state index contributed by atoms with van der Waals surface area (Å²) in [6.45, 7) is 1.97. The van der Waals surface area contributed by atoms with E-state index in [9.17, 15) is 8.42 Å². The summed E-state index contributed by atoms with van der Waals surface area (Å²) in [5.41, 5.74) is 0. The van der Waals surface area contributed by atoms with Crippen LogP contribution in [0.15, 0.2) is 29.2 Å². The molecule has 1 aromatic rings. The lowest BCUT2D eigenvalue weighted by molar-refractivity contribution is 0.110. The van der Waals surface area contributed by atoms with Gasteiger partial charge in [0.15, 0.2) is 9.84 Å². The normalized spacial score (nSPS) is 19.7. The zero-order valence-electron chi connectivity index (χ0n) is 10.6. The van der Waals surface area contributed by atoms with Crippen molar-refractivity contribution in [3.05, 3.63) is 29.3 Å². The van der Waals surface area contributed by atoms with E-state index in [2.05, 4.69) is 5.32 Å². The summed E-state index contributed by atoms with van der Waals surface area (Å²) in [6.07, 6.45) is 2.38. The van der Waals surface area contributed by atoms with Gasteiger partial charge in [0.25, 0.3) is 0 Å². The van der Waals surface area contributed by atoms with Crippen molar-refractivity contribution in [2.24, 2.45) is 0 Å². The van der Waals surface area contributed by atoms with E-state index in [4.69, 9.17) is 16.3 Å². The molecular weight excluding hydrogens is 286 g/mol. The summed E-state index contributed by atoms with van der Waals surface area (Å²) in [4.78, 5) is 0.316. The largest absolute Gasteiger partial charge is 0.377 e. The van der Waals surface area contributed by atoms with Crippen LogP contribution in [0.25, 0.3) is 0 Å². The van der Waals surface area contributed by atoms with Crippen LogP contribution in [-0.4, -0.2) is 40.0 Å². The van der Waals surface area contributed by atoms with Crippen LogP contribution < -0.4 is 5.32 Å². The molecule has 1 heterocycles. The summed E-state index contributed by atoms with van der Waals surface area (Å²) < 4.78 is 29.5. The third kappa shape index (κ3) is 4.45. The molecule has 0 radical (unpaired) electrons. The minimum atomic E-state index is -3.23. The van der Waals surface area contributed by atoms with Crippen molar-refractivity contribution in [3.63, 3.8) is 0 Å². The van der Waals surface area contributed by atoms with E-state index < -0.39 is 9.84 Å². The second kappa shape index (κ2) is 6.70. The van der Waals surface area contributed by atoms with Crippen LogP contribution in [-0.2, 0) is 14.6 Å². The van der Waals surface area contributed by atoms with E-state index in [0.717, 1.165) is 26.0 Å². The lowest BCUT2D eigenvalue weighted by Crippen LogP contribution is -2.30. The lowest BCUT2D eigenvalue weighted by atomic mass is 10.2. The molecule has 4 nitrogen and oxygen atoms in total. The first kappa shape index (κ1) is 14.8. The van der Waals surface area contributed by atoms with Gasteiger partial charge in [-0.05, 0) is 37.1 Å². The average molecular weight is 304 g/mol. The molecule has 1 fully saturated rings. The van der Waals surface area contributed by atoms with Gasteiger partial charge in [0.1, 0.15) is 0 Å². The molecule has 6 heteroatoms. The number of ether oxygens (including phenoxy) is 1. The molecule has 1 aliphatic rings. The van der Waals surface area contributed by atoms with E-state index in [-0.39, 0.29) is 11.9 Å². The third-order valence-corrected chi connectivity index (χ3v) is 5.10. The SMILES string of the molecule is O=S(=O)(CCNCC1CCCO1)c1ccc(Cl)cc1. The molecule has 106 valence electrons. The van der Waals surface area contributed by atoms with Gasteiger partial charge >= 0.3 is 0 Å². The van der Waals surface area contributed by atoms with Gasteiger partial charge in [0.2, 0.25) is 0 Å². The van der Waals surface area contributed by atoms with Crippen LogP contribution in [0, 0.1) is 0 Å². The molecule has 1 aromatic carbocycles. The number of benzene rings is 1. The molecule has 0 saturated carbocycles. The fourth-order valence-corrected chi connectivity index (χ4v) is 3.36. The summed E-state index contributed by atoms with van der Waals surface area (Å²) in [5, 5.41) is 3.67. The minimum absolute atomic E-state index is 0.0847. The zero-order chi connectivity index (χ0) is 13.7. The maximum Gasteiger partial charge on any atom is 0.179 e. The predicted octanol–water partition coefficient (Wildman–Crippen LogP) is 1.88. The molecule has 1 N–H and O–H groups in total. The van der Waals surface area contributed by atoms with Crippen LogP contribution in [0.3, 0.4) is 0 Å². The highest BCUT2D eigenvalue weighted by molar-refractivity contribution is 7.91. The first-order valence-electron chi connectivity index (χ1n) is 6.38. The molecule has 2 rings (SSSR count). The van der Waals surface area contributed by atoms with E-state index in [1.807, 2.05) is 0 Å². The molecule has 0 aliphatic carbocycles. The summed E-state index contributed by atoms with van der Waals surface area (Å²) in [5.74, 6) is 0.0847. The zero-order valence-corrected chi connectivity index (χ0v) is 12.2. The fourth-order valence-electron chi connectivity index (χ4n) is 2.03. The molecule has 1 unspecified atom stereocenters. The highest BCUT2D eigenvalue weighted by Gasteiger charge is 2.16. The monoisotopic (exact) mass is 303 g/mol. The van der Waals surface area contributed by atoms with Gasteiger partial charge in [-0.1, -0.05) is 11.6 Å². The van der Waals surface area contributed by atoms with Crippen LogP contribution in [0.4, 0.5) is 0 Å². The standard InChI is InChI=1S/C13H18ClNO3S/c14-11-3-5-13(6-4-11)19(16,17)9-7-15-10-12-2-1-8-18-12/h3-6,12,15H,1-2,7-10H2. The Balaban J connectivity index is 1.79. The number of halogens is 1. The lowest BCUT2D eigenvalue weighted by Gasteiger charge is -2.10. The second-order valence-electron chi connectivity index (χ2n) is 4.61. The number of hydrogen-bond acceptors (Lipinski definition) is 4. The third-order valence-electron chi connectivity index (χ3n) is 3.12. The van der Waals surface area contributed by atoms with Gasteiger partial charge in [-0.2, -0.15) is 0 Å². The Morgan fingerprint density at radius 1 is 1.32 bits per heavy atom. The van der Waals surface area contributed by atoms with Crippen LogP contribution in [0.2, 0.25) is 5.02 Å². The van der Waals surface area contributed by atoms with Crippen molar-refractivity contribution in [1.82, 2.24) is 5.32 Å². The molecule has 0 aromatic heterocycles. The predicted molar refractivity (Wildman–Crippen MR) is 75.3 cm³/mol. The van der Waals surface area contributed by atoms with E-state index in [0.29, 0.717) is 16.5 Å². The quantitative estimate of drug-likeness (QED) is 0.815. The number of hydrogen-bond donors (Lipinski definition) is 1. The van der Waals surface area contributed by atoms with E-state index in [1.165, 1.54) is 12.1 Å². The topological polar surface area (TPSA) is 55.4 Å². The molecule has 0 bridgehead atoms. The van der Waals surface area contributed by atoms with Gasteiger partial charge in [-0.3, -0.25) is 0 Å². The summed E-state index contributed by atoms with van der Waals surface area (Å²) in [6, 6.07) is 6.26. The first-order valence-corrected chi connectivity index (χ1v) is 8.41. The Kier molecular flexibility index (Phi) is 5.21. The smallest absolute Gasteiger partial charge is 0.179 e. The molecule has 19 heavy (non-hydrogen) atoms. The highest BCUT2D eigenvalue weighted by Crippen LogP contribution is 2.15. The van der Waals surface area contributed by atoms with Crippen molar-refractivity contribution in [2.75, 3.05) is 25.4 Å². The van der Waals surface area contributed by atoms with Crippen molar-refractivity contribution in [3.8, 4) is 0 Å². The maximum atomic E-state index is 12.0. The first-order chi connectivity index (χ1) is 9.08. The minimum Gasteiger partial charge on any atom is -0.377 e. The number of nitrogens with one attached hydrogen (secondary N) is 1. The van der Waals surface area contributed by atoms with E-state index >= 15 is 0 Å². The van der Waals surface area contributed by atoms with Crippen molar-refractivity contribution < 1.29 is 13.2 Å². The van der Waals surface area contributed by atoms with Gasteiger partial charge in [0.05, 0.1) is 16.8 Å². The Bertz CT molecular complexity index is 495. The Morgan fingerprint density at radius 3 is 2.68 bits per heavy atom. The Labute approximate surface area is 119 Å². The maximum absolute atomic E-state index is 12.0. The second-order valence-corrected chi connectivity index (χ2v) is 7.16. The Morgan fingerprint density at radius 2 is 2.05 bits per heavy atom. The van der Waals surface area contributed by atoms with Crippen LogP contribution in [0.5, 0.6) is 0 Å². The molecular formula is C13H18ClNO3S. The van der Waals surface area contributed by atoms with Crippen LogP contribution >= 0.6 is 11.6 Å². The molecule has 0 amide bonds. The molecule has 1 atom stereocenters. The summed E-state index contributed by atoms with van der Waals surface area (Å²) >= 11 is 5.74. The van der Waals surface area contributed by atoms with E-state index in [1.54, 1.807) is 12.1 Å². The Hall–Kier alpha value is -0.620. The average Bonchev–Trinajstić information content (AvgIpc) is 2.88. The van der Waals surface area contributed by atoms with Gasteiger partial charge in [-0.15, -0.1) is 0 Å². The molecule has 1 saturated heterocycles. The van der Waals surface area contributed by atoms with Crippen molar-refractivity contribution in [1.29, 1.82) is 0 Å². The van der Waals surface area contributed by atoms with Gasteiger partial charge in [0, 0.05) is 24.7 Å². The van der Waals surface area contributed by atoms with Crippen LogP contribution in [0.1, 0.15) is 12.8 Å².